The number of nitrogens with zero attached hydrogens (tertiary/aromatic N) is 2. The van der Waals surface area contributed by atoms with Gasteiger partial charge in [-0.05, 0) is 36.6 Å². The van der Waals surface area contributed by atoms with E-state index in [-0.39, 0.29) is 16.7 Å². The molecule has 0 spiro atoms. The quantitative estimate of drug-likeness (QED) is 0.835. The number of carbonyl (C=O) groups excluding carboxylic acids is 1. The lowest BCUT2D eigenvalue weighted by molar-refractivity contribution is 0.0963. The van der Waals surface area contributed by atoms with Gasteiger partial charge in [-0.3, -0.25) is 4.79 Å². The van der Waals surface area contributed by atoms with Crippen molar-refractivity contribution in [3.8, 4) is 0 Å². The van der Waals surface area contributed by atoms with Gasteiger partial charge in [0.15, 0.2) is 0 Å². The van der Waals surface area contributed by atoms with Gasteiger partial charge >= 0.3 is 0 Å². The Morgan fingerprint density at radius 2 is 2.08 bits per heavy atom. The van der Waals surface area contributed by atoms with Crippen molar-refractivity contribution in [3.63, 3.8) is 0 Å². The van der Waals surface area contributed by atoms with E-state index in [4.69, 9.17) is 0 Å². The minimum atomic E-state index is -3.58. The molecule has 2 heterocycles. The van der Waals surface area contributed by atoms with Crippen molar-refractivity contribution >= 4 is 15.9 Å². The molecule has 1 atom stereocenters. The lowest BCUT2D eigenvalue weighted by Gasteiger charge is -2.23. The fourth-order valence-corrected chi connectivity index (χ4v) is 3.95. The normalized spacial score (nSPS) is 17.3. The Morgan fingerprint density at radius 1 is 1.33 bits per heavy atom. The SMILES string of the molecule is CNC(=O)c1ccc(S(=O)(=O)NC[C@@H]2CCn3ccnc3C2)cc1. The number of benzene rings is 1. The molecule has 2 aromatic rings. The predicted octanol–water partition coefficient (Wildman–Crippen LogP) is 0.784. The summed E-state index contributed by atoms with van der Waals surface area (Å²) in [6.07, 6.45) is 5.41. The predicted molar refractivity (Wildman–Crippen MR) is 89.1 cm³/mol. The van der Waals surface area contributed by atoms with Gasteiger partial charge in [-0.25, -0.2) is 18.1 Å². The molecule has 1 aromatic carbocycles. The van der Waals surface area contributed by atoms with Crippen LogP contribution in [0.1, 0.15) is 22.6 Å². The highest BCUT2D eigenvalue weighted by Crippen LogP contribution is 2.19. The number of hydrogen-bond donors (Lipinski definition) is 2. The van der Waals surface area contributed by atoms with Crippen molar-refractivity contribution in [2.24, 2.45) is 5.92 Å². The molecule has 0 radical (unpaired) electrons. The lowest BCUT2D eigenvalue weighted by atomic mass is 9.98. The summed E-state index contributed by atoms with van der Waals surface area (Å²) in [4.78, 5) is 16.0. The zero-order valence-electron chi connectivity index (χ0n) is 13.4. The van der Waals surface area contributed by atoms with Crippen molar-refractivity contribution in [2.75, 3.05) is 13.6 Å². The standard InChI is InChI=1S/C16H20N4O3S/c1-17-16(21)13-2-4-14(5-3-13)24(22,23)19-11-12-6-8-20-9-7-18-15(20)10-12/h2-5,7,9,12,19H,6,8,10-11H2,1H3,(H,17,21)/t12-/m1/s1. The van der Waals surface area contributed by atoms with Crippen molar-refractivity contribution in [2.45, 2.75) is 24.3 Å². The Hall–Kier alpha value is -2.19. The molecule has 1 amide bonds. The molecule has 24 heavy (non-hydrogen) atoms. The van der Waals surface area contributed by atoms with Crippen molar-refractivity contribution < 1.29 is 13.2 Å². The van der Waals surface area contributed by atoms with Crippen LogP contribution in [-0.2, 0) is 23.0 Å². The summed E-state index contributed by atoms with van der Waals surface area (Å²) in [5, 5.41) is 2.50. The molecule has 0 aliphatic carbocycles. The van der Waals surface area contributed by atoms with Crippen LogP contribution in [0, 0.1) is 5.92 Å². The van der Waals surface area contributed by atoms with Gasteiger partial charge in [0.25, 0.3) is 5.91 Å². The Morgan fingerprint density at radius 3 is 2.79 bits per heavy atom. The molecule has 0 saturated heterocycles. The number of rotatable bonds is 5. The maximum Gasteiger partial charge on any atom is 0.251 e. The van der Waals surface area contributed by atoms with Crippen LogP contribution in [0.5, 0.6) is 0 Å². The second kappa shape index (κ2) is 6.74. The van der Waals surface area contributed by atoms with Crippen LogP contribution in [0.3, 0.4) is 0 Å². The Labute approximate surface area is 141 Å². The summed E-state index contributed by atoms with van der Waals surface area (Å²) in [7, 11) is -2.05. The third kappa shape index (κ3) is 3.49. The van der Waals surface area contributed by atoms with Crippen LogP contribution in [0.2, 0.25) is 0 Å². The van der Waals surface area contributed by atoms with E-state index >= 15 is 0 Å². The van der Waals surface area contributed by atoms with Gasteiger partial charge in [0, 0.05) is 44.5 Å². The zero-order chi connectivity index (χ0) is 17.2. The third-order valence-corrected chi connectivity index (χ3v) is 5.71. The van der Waals surface area contributed by atoms with Gasteiger partial charge < -0.3 is 9.88 Å². The minimum Gasteiger partial charge on any atom is -0.355 e. The third-order valence-electron chi connectivity index (χ3n) is 4.27. The van der Waals surface area contributed by atoms with E-state index in [2.05, 4.69) is 19.6 Å². The smallest absolute Gasteiger partial charge is 0.251 e. The van der Waals surface area contributed by atoms with E-state index < -0.39 is 10.0 Å². The average Bonchev–Trinajstić information content (AvgIpc) is 3.07. The summed E-state index contributed by atoms with van der Waals surface area (Å²) in [5.41, 5.74) is 0.426. The Balaban J connectivity index is 1.63. The first-order valence-corrected chi connectivity index (χ1v) is 9.30. The fraction of sp³-hybridized carbons (Fsp3) is 0.375. The molecule has 1 aromatic heterocycles. The van der Waals surface area contributed by atoms with E-state index in [1.807, 2.05) is 6.20 Å². The molecule has 0 fully saturated rings. The number of amides is 1. The second-order valence-electron chi connectivity index (χ2n) is 5.85. The first-order chi connectivity index (χ1) is 11.5. The highest BCUT2D eigenvalue weighted by Gasteiger charge is 2.22. The maximum atomic E-state index is 12.4. The van der Waals surface area contributed by atoms with E-state index in [1.165, 1.54) is 31.3 Å². The van der Waals surface area contributed by atoms with E-state index in [9.17, 15) is 13.2 Å². The van der Waals surface area contributed by atoms with Crippen LogP contribution in [0.25, 0.3) is 0 Å². The number of hydrogen-bond acceptors (Lipinski definition) is 4. The van der Waals surface area contributed by atoms with Crippen LogP contribution in [-0.4, -0.2) is 37.5 Å². The van der Waals surface area contributed by atoms with Crippen LogP contribution in [0.4, 0.5) is 0 Å². The molecular formula is C16H20N4O3S. The molecule has 0 unspecified atom stereocenters. The average molecular weight is 348 g/mol. The van der Waals surface area contributed by atoms with Gasteiger partial charge in [-0.1, -0.05) is 0 Å². The minimum absolute atomic E-state index is 0.160. The molecule has 0 bridgehead atoms. The summed E-state index contributed by atoms with van der Waals surface area (Å²) in [5.74, 6) is 0.991. The molecule has 1 aliphatic heterocycles. The number of aromatic nitrogens is 2. The van der Waals surface area contributed by atoms with Gasteiger partial charge in [-0.15, -0.1) is 0 Å². The second-order valence-corrected chi connectivity index (χ2v) is 7.62. The van der Waals surface area contributed by atoms with Gasteiger partial charge in [0.2, 0.25) is 10.0 Å². The number of aryl methyl sites for hydroxylation is 1. The van der Waals surface area contributed by atoms with E-state index in [1.54, 1.807) is 6.20 Å². The lowest BCUT2D eigenvalue weighted by Crippen LogP contribution is -2.33. The fourth-order valence-electron chi connectivity index (χ4n) is 2.83. The van der Waals surface area contributed by atoms with Crippen molar-refractivity contribution in [1.82, 2.24) is 19.6 Å². The molecule has 1 aliphatic rings. The number of nitrogens with one attached hydrogen (secondary N) is 2. The van der Waals surface area contributed by atoms with E-state index in [0.29, 0.717) is 12.1 Å². The van der Waals surface area contributed by atoms with Crippen molar-refractivity contribution in [3.05, 3.63) is 48.0 Å². The van der Waals surface area contributed by atoms with E-state index in [0.717, 1.165) is 25.2 Å². The molecule has 2 N–H and O–H groups in total. The molecular weight excluding hydrogens is 328 g/mol. The van der Waals surface area contributed by atoms with Crippen LogP contribution < -0.4 is 10.0 Å². The first-order valence-electron chi connectivity index (χ1n) is 7.81. The first kappa shape index (κ1) is 16.7. The number of carbonyl (C=O) groups is 1. The van der Waals surface area contributed by atoms with Crippen LogP contribution >= 0.6 is 0 Å². The topological polar surface area (TPSA) is 93.1 Å². The van der Waals surface area contributed by atoms with Crippen molar-refractivity contribution in [1.29, 1.82) is 0 Å². The zero-order valence-corrected chi connectivity index (χ0v) is 14.2. The van der Waals surface area contributed by atoms with Gasteiger partial charge in [0.05, 0.1) is 4.90 Å². The summed E-state index contributed by atoms with van der Waals surface area (Å²) in [6, 6.07) is 5.90. The number of fused-ring (bicyclic) bond motifs is 1. The summed E-state index contributed by atoms with van der Waals surface area (Å²) >= 11 is 0. The maximum absolute atomic E-state index is 12.4. The Bertz CT molecular complexity index is 827. The molecule has 8 heteroatoms. The summed E-state index contributed by atoms with van der Waals surface area (Å²) in [6.45, 7) is 1.24. The number of sulfonamides is 1. The number of imidazole rings is 1. The highest BCUT2D eigenvalue weighted by molar-refractivity contribution is 7.89. The van der Waals surface area contributed by atoms with Gasteiger partial charge in [-0.2, -0.15) is 0 Å². The van der Waals surface area contributed by atoms with Gasteiger partial charge in [0.1, 0.15) is 5.82 Å². The molecule has 7 nitrogen and oxygen atoms in total. The molecule has 0 saturated carbocycles. The highest BCUT2D eigenvalue weighted by atomic mass is 32.2. The molecule has 128 valence electrons. The summed E-state index contributed by atoms with van der Waals surface area (Å²) < 4.78 is 29.5. The largest absolute Gasteiger partial charge is 0.355 e. The molecule has 3 rings (SSSR count). The van der Waals surface area contributed by atoms with Crippen LogP contribution in [0.15, 0.2) is 41.6 Å². The monoisotopic (exact) mass is 348 g/mol. The Kier molecular flexibility index (Phi) is 4.68.